The number of rotatable bonds is 6. The maximum Gasteiger partial charge on any atom is 0.242 e. The van der Waals surface area contributed by atoms with E-state index in [1.165, 1.54) is 11.8 Å². The van der Waals surface area contributed by atoms with Crippen molar-refractivity contribution in [2.75, 3.05) is 25.0 Å². The van der Waals surface area contributed by atoms with Crippen LogP contribution in [0, 0.1) is 11.3 Å². The first-order chi connectivity index (χ1) is 9.99. The molecule has 112 valence electrons. The monoisotopic (exact) mass is 287 g/mol. The molecule has 0 atom stereocenters. The molecule has 0 saturated heterocycles. The quantitative estimate of drug-likeness (QED) is 0.805. The van der Waals surface area contributed by atoms with E-state index >= 15 is 0 Å². The van der Waals surface area contributed by atoms with Gasteiger partial charge in [0.05, 0.1) is 11.6 Å². The van der Waals surface area contributed by atoms with Gasteiger partial charge in [0.15, 0.2) is 0 Å². The normalized spacial score (nSPS) is 9.81. The van der Waals surface area contributed by atoms with Gasteiger partial charge in [-0.1, -0.05) is 19.4 Å². The van der Waals surface area contributed by atoms with E-state index in [2.05, 4.69) is 6.92 Å². The minimum absolute atomic E-state index is 0.00949. The van der Waals surface area contributed by atoms with Crippen molar-refractivity contribution >= 4 is 17.5 Å². The molecule has 0 aliphatic heterocycles. The van der Waals surface area contributed by atoms with Crippen LogP contribution in [0.4, 0.5) is 5.69 Å². The fraction of sp³-hybridized carbons (Fsp3) is 0.438. The summed E-state index contributed by atoms with van der Waals surface area (Å²) in [6.45, 7) is 4.15. The van der Waals surface area contributed by atoms with E-state index in [1.54, 1.807) is 36.2 Å². The molecule has 5 heteroatoms. The molecule has 1 rings (SSSR count). The van der Waals surface area contributed by atoms with E-state index in [1.807, 2.05) is 6.07 Å². The molecule has 1 aromatic rings. The van der Waals surface area contributed by atoms with Gasteiger partial charge in [0.2, 0.25) is 11.8 Å². The number of hydrogen-bond donors (Lipinski definition) is 0. The molecule has 0 N–H and O–H groups in total. The molecule has 0 aliphatic carbocycles. The van der Waals surface area contributed by atoms with Gasteiger partial charge in [0, 0.05) is 26.2 Å². The van der Waals surface area contributed by atoms with E-state index in [-0.39, 0.29) is 18.4 Å². The average molecular weight is 287 g/mol. The largest absolute Gasteiger partial charge is 0.344 e. The SMILES string of the molecule is CCCCN(C)C(=O)CN(C(C)=O)c1cccc(C#N)c1. The molecule has 1 aromatic carbocycles. The number of amides is 2. The van der Waals surface area contributed by atoms with Crippen molar-refractivity contribution in [3.63, 3.8) is 0 Å². The molecular formula is C16H21N3O2. The van der Waals surface area contributed by atoms with Crippen molar-refractivity contribution in [2.45, 2.75) is 26.7 Å². The summed E-state index contributed by atoms with van der Waals surface area (Å²) in [5.41, 5.74) is 1.03. The van der Waals surface area contributed by atoms with Crippen molar-refractivity contribution in [2.24, 2.45) is 0 Å². The fourth-order valence-electron chi connectivity index (χ4n) is 1.90. The third-order valence-corrected chi connectivity index (χ3v) is 3.23. The Bertz CT molecular complexity index is 549. The fourth-order valence-corrected chi connectivity index (χ4v) is 1.90. The second-order valence-electron chi connectivity index (χ2n) is 4.94. The van der Waals surface area contributed by atoms with Crippen LogP contribution >= 0.6 is 0 Å². The van der Waals surface area contributed by atoms with Crippen LogP contribution in [0.3, 0.4) is 0 Å². The number of hydrogen-bond acceptors (Lipinski definition) is 3. The topological polar surface area (TPSA) is 64.4 Å². The van der Waals surface area contributed by atoms with Gasteiger partial charge >= 0.3 is 0 Å². The minimum atomic E-state index is -0.220. The first kappa shape index (κ1) is 16.7. The molecule has 0 radical (unpaired) electrons. The van der Waals surface area contributed by atoms with Crippen LogP contribution in [0.5, 0.6) is 0 Å². The summed E-state index contributed by atoms with van der Waals surface area (Å²) in [6.07, 6.45) is 1.95. The molecule has 0 fully saturated rings. The lowest BCUT2D eigenvalue weighted by atomic mass is 10.2. The summed E-state index contributed by atoms with van der Waals surface area (Å²) in [4.78, 5) is 27.0. The summed E-state index contributed by atoms with van der Waals surface area (Å²) in [6, 6.07) is 8.73. The average Bonchev–Trinajstić information content (AvgIpc) is 2.49. The number of unbranched alkanes of at least 4 members (excludes halogenated alkanes) is 1. The van der Waals surface area contributed by atoms with Gasteiger partial charge in [-0.2, -0.15) is 5.26 Å². The zero-order valence-electron chi connectivity index (χ0n) is 12.8. The van der Waals surface area contributed by atoms with Crippen LogP contribution in [0.25, 0.3) is 0 Å². The van der Waals surface area contributed by atoms with E-state index < -0.39 is 0 Å². The van der Waals surface area contributed by atoms with Crippen molar-refractivity contribution in [3.8, 4) is 6.07 Å². The van der Waals surface area contributed by atoms with Crippen LogP contribution in [-0.2, 0) is 9.59 Å². The highest BCUT2D eigenvalue weighted by atomic mass is 16.2. The standard InChI is InChI=1S/C16H21N3O2/c1-4-5-9-18(3)16(21)12-19(13(2)20)15-8-6-7-14(10-15)11-17/h6-8,10H,4-5,9,12H2,1-3H3. The highest BCUT2D eigenvalue weighted by Crippen LogP contribution is 2.16. The second-order valence-corrected chi connectivity index (χ2v) is 4.94. The van der Waals surface area contributed by atoms with Crippen LogP contribution in [0.1, 0.15) is 32.3 Å². The van der Waals surface area contributed by atoms with E-state index in [4.69, 9.17) is 5.26 Å². The van der Waals surface area contributed by atoms with Gasteiger partial charge in [-0.25, -0.2) is 0 Å². The molecule has 0 aliphatic rings. The van der Waals surface area contributed by atoms with Crippen molar-refractivity contribution in [1.29, 1.82) is 5.26 Å². The molecular weight excluding hydrogens is 266 g/mol. The lowest BCUT2D eigenvalue weighted by molar-refractivity contribution is -0.130. The minimum Gasteiger partial charge on any atom is -0.344 e. The first-order valence-corrected chi connectivity index (χ1v) is 7.01. The van der Waals surface area contributed by atoms with E-state index in [9.17, 15) is 9.59 Å². The summed E-state index contributed by atoms with van der Waals surface area (Å²) in [7, 11) is 1.74. The Morgan fingerprint density at radius 3 is 2.62 bits per heavy atom. The molecule has 0 aromatic heterocycles. The maximum atomic E-state index is 12.2. The van der Waals surface area contributed by atoms with E-state index in [0.717, 1.165) is 12.8 Å². The third kappa shape index (κ3) is 4.92. The lowest BCUT2D eigenvalue weighted by Gasteiger charge is -2.24. The summed E-state index contributed by atoms with van der Waals surface area (Å²) in [5.74, 6) is -0.330. The predicted molar refractivity (Wildman–Crippen MR) is 81.7 cm³/mol. The number of carbonyl (C=O) groups excluding carboxylic acids is 2. The first-order valence-electron chi connectivity index (χ1n) is 7.01. The molecule has 0 heterocycles. The van der Waals surface area contributed by atoms with Crippen molar-refractivity contribution in [1.82, 2.24) is 4.90 Å². The highest BCUT2D eigenvalue weighted by Gasteiger charge is 2.18. The smallest absolute Gasteiger partial charge is 0.242 e. The van der Waals surface area contributed by atoms with Gasteiger partial charge in [-0.3, -0.25) is 9.59 Å². The van der Waals surface area contributed by atoms with Gasteiger partial charge in [0.25, 0.3) is 0 Å². The number of nitriles is 1. The highest BCUT2D eigenvalue weighted by molar-refractivity contribution is 5.97. The third-order valence-electron chi connectivity index (χ3n) is 3.23. The van der Waals surface area contributed by atoms with Crippen LogP contribution in [-0.4, -0.2) is 36.9 Å². The van der Waals surface area contributed by atoms with Gasteiger partial charge in [-0.15, -0.1) is 0 Å². The molecule has 0 saturated carbocycles. The zero-order valence-corrected chi connectivity index (χ0v) is 12.8. The van der Waals surface area contributed by atoms with Gasteiger partial charge in [-0.05, 0) is 24.6 Å². The molecule has 0 spiro atoms. The Morgan fingerprint density at radius 1 is 1.33 bits per heavy atom. The molecule has 5 nitrogen and oxygen atoms in total. The number of likely N-dealkylation sites (N-methyl/N-ethyl adjacent to an activating group) is 1. The number of anilines is 1. The lowest BCUT2D eigenvalue weighted by Crippen LogP contribution is -2.41. The number of benzene rings is 1. The summed E-state index contributed by atoms with van der Waals surface area (Å²) in [5, 5.41) is 8.92. The Balaban J connectivity index is 2.85. The Hall–Kier alpha value is -2.35. The number of nitrogens with zero attached hydrogens (tertiary/aromatic N) is 3. The zero-order chi connectivity index (χ0) is 15.8. The molecule has 2 amide bonds. The van der Waals surface area contributed by atoms with Crippen molar-refractivity contribution < 1.29 is 9.59 Å². The van der Waals surface area contributed by atoms with Gasteiger partial charge in [0.1, 0.15) is 6.54 Å². The van der Waals surface area contributed by atoms with E-state index in [0.29, 0.717) is 17.8 Å². The molecule has 0 bridgehead atoms. The van der Waals surface area contributed by atoms with Gasteiger partial charge < -0.3 is 9.80 Å². The van der Waals surface area contributed by atoms with Crippen LogP contribution in [0.15, 0.2) is 24.3 Å². The summed E-state index contributed by atoms with van der Waals surface area (Å²) >= 11 is 0. The van der Waals surface area contributed by atoms with Crippen LogP contribution < -0.4 is 4.90 Å². The molecule has 21 heavy (non-hydrogen) atoms. The molecule has 0 unspecified atom stereocenters. The predicted octanol–water partition coefficient (Wildman–Crippen LogP) is 2.17. The van der Waals surface area contributed by atoms with Crippen molar-refractivity contribution in [3.05, 3.63) is 29.8 Å². The second kappa shape index (κ2) is 8.05. The Kier molecular flexibility index (Phi) is 6.41. The number of carbonyl (C=O) groups is 2. The van der Waals surface area contributed by atoms with Crippen LogP contribution in [0.2, 0.25) is 0 Å². The Labute approximate surface area is 125 Å². The maximum absolute atomic E-state index is 12.2. The Morgan fingerprint density at radius 2 is 2.05 bits per heavy atom. The summed E-state index contributed by atoms with van der Waals surface area (Å²) < 4.78 is 0.